The lowest BCUT2D eigenvalue weighted by Crippen LogP contribution is -2.26. The van der Waals surface area contributed by atoms with Crippen LogP contribution < -0.4 is 11.1 Å². The number of aliphatic hydroxyl groups excluding tert-OH is 1. The summed E-state index contributed by atoms with van der Waals surface area (Å²) in [5, 5.41) is 14.0. The predicted octanol–water partition coefficient (Wildman–Crippen LogP) is 2.39. The minimum Gasteiger partial charge on any atom is -0.399 e. The molecular weight excluding hydrogens is 238 g/mol. The summed E-state index contributed by atoms with van der Waals surface area (Å²) in [7, 11) is 0. The van der Waals surface area contributed by atoms with Gasteiger partial charge in [0.15, 0.2) is 0 Å². The zero-order valence-electron chi connectivity index (χ0n) is 10.8. The van der Waals surface area contributed by atoms with E-state index in [1.165, 1.54) is 6.42 Å². The van der Waals surface area contributed by atoms with Gasteiger partial charge in [0.2, 0.25) is 0 Å². The molecule has 1 aliphatic rings. The Bertz CT molecular complexity index is 585. The highest BCUT2D eigenvalue weighted by atomic mass is 16.3. The summed E-state index contributed by atoms with van der Waals surface area (Å²) in [6, 6.07) is 8.13. The fourth-order valence-electron chi connectivity index (χ4n) is 2.94. The molecule has 0 radical (unpaired) electrons. The molecule has 19 heavy (non-hydrogen) atoms. The zero-order chi connectivity index (χ0) is 13.2. The lowest BCUT2D eigenvalue weighted by atomic mass is 10.0. The zero-order valence-corrected chi connectivity index (χ0v) is 10.8. The number of pyridine rings is 1. The molecule has 3 rings (SSSR count). The fourth-order valence-corrected chi connectivity index (χ4v) is 2.94. The van der Waals surface area contributed by atoms with Gasteiger partial charge in [0, 0.05) is 41.5 Å². The van der Waals surface area contributed by atoms with Gasteiger partial charge in [-0.1, -0.05) is 6.42 Å². The van der Waals surface area contributed by atoms with Crippen molar-refractivity contribution in [3.63, 3.8) is 0 Å². The molecule has 0 amide bonds. The van der Waals surface area contributed by atoms with Crippen LogP contribution in [0.4, 0.5) is 11.4 Å². The van der Waals surface area contributed by atoms with Crippen molar-refractivity contribution in [2.75, 3.05) is 17.7 Å². The number of nitrogens with two attached hydrogens (primary N) is 1. The Hall–Kier alpha value is -1.81. The van der Waals surface area contributed by atoms with Crippen molar-refractivity contribution in [2.24, 2.45) is 5.92 Å². The minimum atomic E-state index is 0.258. The molecule has 1 aliphatic carbocycles. The summed E-state index contributed by atoms with van der Waals surface area (Å²) in [4.78, 5) is 4.35. The second-order valence-electron chi connectivity index (χ2n) is 5.26. The van der Waals surface area contributed by atoms with Gasteiger partial charge in [-0.3, -0.25) is 4.98 Å². The van der Waals surface area contributed by atoms with Crippen LogP contribution in [0.25, 0.3) is 10.9 Å². The van der Waals surface area contributed by atoms with Crippen LogP contribution in [0.2, 0.25) is 0 Å². The number of benzene rings is 1. The van der Waals surface area contributed by atoms with Crippen LogP contribution in [0.1, 0.15) is 19.3 Å². The van der Waals surface area contributed by atoms with Gasteiger partial charge in [0.1, 0.15) is 0 Å². The van der Waals surface area contributed by atoms with Crippen molar-refractivity contribution < 1.29 is 5.11 Å². The molecule has 0 bridgehead atoms. The van der Waals surface area contributed by atoms with E-state index < -0.39 is 0 Å². The highest BCUT2D eigenvalue weighted by molar-refractivity contribution is 5.92. The largest absolute Gasteiger partial charge is 0.399 e. The third-order valence-corrected chi connectivity index (χ3v) is 4.00. The smallest absolute Gasteiger partial charge is 0.0743 e. The van der Waals surface area contributed by atoms with Crippen molar-refractivity contribution in [3.8, 4) is 0 Å². The van der Waals surface area contributed by atoms with Gasteiger partial charge in [0.05, 0.1) is 5.52 Å². The topological polar surface area (TPSA) is 71.2 Å². The van der Waals surface area contributed by atoms with Gasteiger partial charge in [-0.25, -0.2) is 0 Å². The first kappa shape index (κ1) is 12.2. The predicted molar refractivity (Wildman–Crippen MR) is 78.0 cm³/mol. The maximum absolute atomic E-state index is 9.40. The fraction of sp³-hybridized carbons (Fsp3) is 0.400. The maximum Gasteiger partial charge on any atom is 0.0743 e. The normalized spacial score (nSPS) is 22.8. The lowest BCUT2D eigenvalue weighted by molar-refractivity contribution is 0.222. The van der Waals surface area contributed by atoms with E-state index in [4.69, 9.17) is 5.73 Å². The minimum absolute atomic E-state index is 0.258. The highest BCUT2D eigenvalue weighted by Gasteiger charge is 2.26. The molecular formula is C15H19N3O. The van der Waals surface area contributed by atoms with E-state index in [1.807, 2.05) is 24.3 Å². The lowest BCUT2D eigenvalue weighted by Gasteiger charge is -2.21. The van der Waals surface area contributed by atoms with Crippen molar-refractivity contribution in [1.29, 1.82) is 0 Å². The second-order valence-corrected chi connectivity index (χ2v) is 5.26. The number of hydrogen-bond acceptors (Lipinski definition) is 4. The Morgan fingerprint density at radius 2 is 2.21 bits per heavy atom. The molecule has 1 heterocycles. The molecule has 1 saturated carbocycles. The summed E-state index contributed by atoms with van der Waals surface area (Å²) >= 11 is 0. The number of anilines is 2. The first-order valence-corrected chi connectivity index (χ1v) is 6.79. The molecule has 2 unspecified atom stereocenters. The standard InChI is InChI=1S/C15H19N3O/c16-11-4-5-12-14(6-7-17-15(12)8-11)18-13-3-1-2-10(13)9-19/h4-8,10,13,19H,1-3,9,16H2,(H,17,18). The second kappa shape index (κ2) is 5.05. The Morgan fingerprint density at radius 1 is 1.32 bits per heavy atom. The molecule has 4 heteroatoms. The third-order valence-electron chi connectivity index (χ3n) is 4.00. The van der Waals surface area contributed by atoms with Crippen LogP contribution in [0.3, 0.4) is 0 Å². The molecule has 2 aromatic rings. The summed E-state index contributed by atoms with van der Waals surface area (Å²) < 4.78 is 0. The Labute approximate surface area is 112 Å². The van der Waals surface area contributed by atoms with E-state index in [-0.39, 0.29) is 6.61 Å². The van der Waals surface area contributed by atoms with E-state index in [2.05, 4.69) is 10.3 Å². The van der Waals surface area contributed by atoms with Crippen LogP contribution in [-0.2, 0) is 0 Å². The molecule has 0 saturated heterocycles. The Morgan fingerprint density at radius 3 is 3.05 bits per heavy atom. The average molecular weight is 257 g/mol. The number of rotatable bonds is 3. The van der Waals surface area contributed by atoms with E-state index in [9.17, 15) is 5.11 Å². The Kier molecular flexibility index (Phi) is 3.25. The van der Waals surface area contributed by atoms with E-state index in [1.54, 1.807) is 6.20 Å². The van der Waals surface area contributed by atoms with Gasteiger partial charge in [-0.15, -0.1) is 0 Å². The van der Waals surface area contributed by atoms with Crippen molar-refractivity contribution in [2.45, 2.75) is 25.3 Å². The average Bonchev–Trinajstić information content (AvgIpc) is 2.86. The van der Waals surface area contributed by atoms with E-state index in [0.717, 1.165) is 35.1 Å². The third kappa shape index (κ3) is 2.36. The maximum atomic E-state index is 9.40. The van der Waals surface area contributed by atoms with Gasteiger partial charge in [-0.05, 0) is 37.1 Å². The number of aromatic nitrogens is 1. The number of nitrogens with zero attached hydrogens (tertiary/aromatic N) is 1. The van der Waals surface area contributed by atoms with E-state index in [0.29, 0.717) is 12.0 Å². The molecule has 4 N–H and O–H groups in total. The SMILES string of the molecule is Nc1ccc2c(NC3CCCC3CO)ccnc2c1. The summed E-state index contributed by atoms with van der Waals surface area (Å²) in [6.45, 7) is 0.258. The summed E-state index contributed by atoms with van der Waals surface area (Å²) in [6.07, 6.45) is 5.19. The van der Waals surface area contributed by atoms with E-state index >= 15 is 0 Å². The number of hydrogen-bond donors (Lipinski definition) is 3. The first-order valence-electron chi connectivity index (χ1n) is 6.79. The molecule has 1 aromatic heterocycles. The van der Waals surface area contributed by atoms with Crippen LogP contribution in [0.15, 0.2) is 30.5 Å². The highest BCUT2D eigenvalue weighted by Crippen LogP contribution is 2.31. The van der Waals surface area contributed by atoms with Crippen LogP contribution in [0.5, 0.6) is 0 Å². The van der Waals surface area contributed by atoms with Gasteiger partial charge in [-0.2, -0.15) is 0 Å². The monoisotopic (exact) mass is 257 g/mol. The number of fused-ring (bicyclic) bond motifs is 1. The van der Waals surface area contributed by atoms with Crippen LogP contribution in [0, 0.1) is 5.92 Å². The van der Waals surface area contributed by atoms with Crippen molar-refractivity contribution in [3.05, 3.63) is 30.5 Å². The van der Waals surface area contributed by atoms with Crippen LogP contribution in [-0.4, -0.2) is 22.7 Å². The van der Waals surface area contributed by atoms with Gasteiger partial charge in [0.25, 0.3) is 0 Å². The number of aliphatic hydroxyl groups is 1. The molecule has 4 nitrogen and oxygen atoms in total. The molecule has 100 valence electrons. The molecule has 2 atom stereocenters. The van der Waals surface area contributed by atoms with Gasteiger partial charge >= 0.3 is 0 Å². The van der Waals surface area contributed by atoms with Crippen LogP contribution >= 0.6 is 0 Å². The first-order chi connectivity index (χ1) is 9.28. The molecule has 0 spiro atoms. The Balaban J connectivity index is 1.92. The number of nitrogen functional groups attached to an aromatic ring is 1. The molecule has 0 aliphatic heterocycles. The number of nitrogens with one attached hydrogen (secondary N) is 1. The van der Waals surface area contributed by atoms with Gasteiger partial charge < -0.3 is 16.2 Å². The summed E-state index contributed by atoms with van der Waals surface area (Å²) in [5.74, 6) is 0.358. The summed E-state index contributed by atoms with van der Waals surface area (Å²) in [5.41, 5.74) is 8.50. The van der Waals surface area contributed by atoms with Crippen molar-refractivity contribution in [1.82, 2.24) is 4.98 Å². The molecule has 1 aromatic carbocycles. The molecule has 1 fully saturated rings. The quantitative estimate of drug-likeness (QED) is 0.738. The van der Waals surface area contributed by atoms with Crippen molar-refractivity contribution >= 4 is 22.3 Å².